The van der Waals surface area contributed by atoms with Crippen LogP contribution in [-0.2, 0) is 4.74 Å². The Balaban J connectivity index is 1.92. The summed E-state index contributed by atoms with van der Waals surface area (Å²) < 4.78 is 5.32. The highest BCUT2D eigenvalue weighted by molar-refractivity contribution is 5.95. The topological polar surface area (TPSA) is 70.8 Å². The lowest BCUT2D eigenvalue weighted by molar-refractivity contribution is 0.0398. The van der Waals surface area contributed by atoms with Crippen molar-refractivity contribution >= 4 is 17.3 Å². The summed E-state index contributed by atoms with van der Waals surface area (Å²) >= 11 is 0. The molecule has 3 N–H and O–H groups in total. The number of carbonyl (C=O) groups is 1. The lowest BCUT2D eigenvalue weighted by Gasteiger charge is -2.26. The van der Waals surface area contributed by atoms with Gasteiger partial charge in [-0.2, -0.15) is 0 Å². The highest BCUT2D eigenvalue weighted by atomic mass is 16.5. The summed E-state index contributed by atoms with van der Waals surface area (Å²) in [6, 6.07) is 5.34. The van der Waals surface area contributed by atoms with Crippen LogP contribution in [0.1, 0.15) is 10.4 Å². The number of hydrogen-bond donors (Lipinski definition) is 2. The Kier molecular flexibility index (Phi) is 5.41. The molecule has 0 atom stereocenters. The van der Waals surface area contributed by atoms with Gasteiger partial charge in [0.15, 0.2) is 0 Å². The Hall–Kier alpha value is -1.79. The average Bonchev–Trinajstić information content (AvgIpc) is 2.49. The first-order chi connectivity index (χ1) is 10.1. The molecular weight excluding hydrogens is 268 g/mol. The summed E-state index contributed by atoms with van der Waals surface area (Å²) in [6.07, 6.45) is 0. The molecule has 0 aliphatic carbocycles. The van der Waals surface area contributed by atoms with E-state index < -0.39 is 0 Å². The zero-order valence-corrected chi connectivity index (χ0v) is 12.8. The molecule has 0 radical (unpaired) electrons. The first kappa shape index (κ1) is 15.6. The van der Waals surface area contributed by atoms with Crippen molar-refractivity contribution in [3.63, 3.8) is 0 Å². The number of anilines is 2. The van der Waals surface area contributed by atoms with Gasteiger partial charge in [-0.15, -0.1) is 0 Å². The molecule has 1 aliphatic heterocycles. The summed E-state index contributed by atoms with van der Waals surface area (Å²) in [5, 5.41) is 3.32. The number of rotatable bonds is 5. The standard InChI is InChI=1S/C15H24N4O2/c1-18(2)15(20)12-3-4-13(16)14(11-12)17-5-6-19-7-9-21-10-8-19/h3-4,11,17H,5-10,16H2,1-2H3. The SMILES string of the molecule is CN(C)C(=O)c1ccc(N)c(NCCN2CCOCC2)c1. The van der Waals surface area contributed by atoms with Gasteiger partial charge in [0.25, 0.3) is 5.91 Å². The van der Waals surface area contributed by atoms with Gasteiger partial charge < -0.3 is 20.7 Å². The van der Waals surface area contributed by atoms with Crippen molar-refractivity contribution < 1.29 is 9.53 Å². The van der Waals surface area contributed by atoms with Crippen LogP contribution in [0.25, 0.3) is 0 Å². The van der Waals surface area contributed by atoms with Crippen LogP contribution < -0.4 is 11.1 Å². The van der Waals surface area contributed by atoms with E-state index in [9.17, 15) is 4.79 Å². The van der Waals surface area contributed by atoms with Gasteiger partial charge in [0.05, 0.1) is 24.6 Å². The van der Waals surface area contributed by atoms with Gasteiger partial charge in [0.2, 0.25) is 0 Å². The highest BCUT2D eigenvalue weighted by Gasteiger charge is 2.12. The lowest BCUT2D eigenvalue weighted by Crippen LogP contribution is -2.39. The molecule has 2 rings (SSSR count). The van der Waals surface area contributed by atoms with E-state index >= 15 is 0 Å². The zero-order valence-electron chi connectivity index (χ0n) is 12.8. The number of nitrogen functional groups attached to an aromatic ring is 1. The zero-order chi connectivity index (χ0) is 15.2. The molecule has 0 aromatic heterocycles. The number of ether oxygens (including phenoxy) is 1. The van der Waals surface area contributed by atoms with Crippen molar-refractivity contribution in [2.75, 3.05) is 64.5 Å². The van der Waals surface area contributed by atoms with E-state index in [-0.39, 0.29) is 5.91 Å². The maximum absolute atomic E-state index is 12.0. The number of nitrogens with zero attached hydrogens (tertiary/aromatic N) is 2. The molecule has 0 bridgehead atoms. The second kappa shape index (κ2) is 7.28. The van der Waals surface area contributed by atoms with Crippen molar-refractivity contribution in [3.8, 4) is 0 Å². The quantitative estimate of drug-likeness (QED) is 0.782. The fourth-order valence-electron chi connectivity index (χ4n) is 2.27. The molecule has 1 amide bonds. The third-order valence-corrected chi connectivity index (χ3v) is 3.55. The maximum Gasteiger partial charge on any atom is 0.253 e. The Bertz CT molecular complexity index is 485. The molecule has 116 valence electrons. The molecule has 1 fully saturated rings. The normalized spacial score (nSPS) is 15.7. The van der Waals surface area contributed by atoms with E-state index in [4.69, 9.17) is 10.5 Å². The number of carbonyl (C=O) groups excluding carboxylic acids is 1. The lowest BCUT2D eigenvalue weighted by atomic mass is 10.1. The molecule has 0 unspecified atom stereocenters. The summed E-state index contributed by atoms with van der Waals surface area (Å²) in [5.41, 5.74) is 8.08. The van der Waals surface area contributed by atoms with Crippen LogP contribution in [0, 0.1) is 0 Å². The van der Waals surface area contributed by atoms with Gasteiger partial charge in [0, 0.05) is 45.8 Å². The third-order valence-electron chi connectivity index (χ3n) is 3.55. The van der Waals surface area contributed by atoms with Gasteiger partial charge in [-0.1, -0.05) is 0 Å². The first-order valence-electron chi connectivity index (χ1n) is 7.23. The molecule has 0 saturated carbocycles. The first-order valence-corrected chi connectivity index (χ1v) is 7.23. The fraction of sp³-hybridized carbons (Fsp3) is 0.533. The molecular formula is C15H24N4O2. The third kappa shape index (κ3) is 4.34. The maximum atomic E-state index is 12.0. The van der Waals surface area contributed by atoms with Gasteiger partial charge in [0.1, 0.15) is 0 Å². The highest BCUT2D eigenvalue weighted by Crippen LogP contribution is 2.20. The average molecular weight is 292 g/mol. The van der Waals surface area contributed by atoms with E-state index in [1.807, 2.05) is 6.07 Å². The molecule has 6 nitrogen and oxygen atoms in total. The van der Waals surface area contributed by atoms with Crippen LogP contribution in [0.4, 0.5) is 11.4 Å². The monoisotopic (exact) mass is 292 g/mol. The molecule has 1 saturated heterocycles. The Morgan fingerprint density at radius 1 is 1.38 bits per heavy atom. The van der Waals surface area contributed by atoms with E-state index in [1.165, 1.54) is 0 Å². The number of amides is 1. The summed E-state index contributed by atoms with van der Waals surface area (Å²) in [4.78, 5) is 15.9. The van der Waals surface area contributed by atoms with Crippen molar-refractivity contribution in [2.45, 2.75) is 0 Å². The second-order valence-corrected chi connectivity index (χ2v) is 5.38. The molecule has 21 heavy (non-hydrogen) atoms. The fourth-order valence-corrected chi connectivity index (χ4v) is 2.27. The predicted octanol–water partition coefficient (Wildman–Crippen LogP) is 0.715. The van der Waals surface area contributed by atoms with Crippen molar-refractivity contribution in [1.82, 2.24) is 9.80 Å². The molecule has 1 aromatic rings. The minimum Gasteiger partial charge on any atom is -0.397 e. The van der Waals surface area contributed by atoms with Gasteiger partial charge in [-0.25, -0.2) is 0 Å². The van der Waals surface area contributed by atoms with Crippen LogP contribution >= 0.6 is 0 Å². The minimum atomic E-state index is -0.0220. The summed E-state index contributed by atoms with van der Waals surface area (Å²) in [7, 11) is 3.48. The van der Waals surface area contributed by atoms with Gasteiger partial charge >= 0.3 is 0 Å². The number of nitrogens with one attached hydrogen (secondary N) is 1. The van der Waals surface area contributed by atoms with Crippen molar-refractivity contribution in [1.29, 1.82) is 0 Å². The number of hydrogen-bond acceptors (Lipinski definition) is 5. The van der Waals surface area contributed by atoms with Gasteiger partial charge in [-0.05, 0) is 18.2 Å². The van der Waals surface area contributed by atoms with Crippen LogP contribution in [0.2, 0.25) is 0 Å². The van der Waals surface area contributed by atoms with Crippen molar-refractivity contribution in [3.05, 3.63) is 23.8 Å². The minimum absolute atomic E-state index is 0.0220. The van der Waals surface area contributed by atoms with E-state index in [2.05, 4.69) is 10.2 Å². The molecule has 0 spiro atoms. The second-order valence-electron chi connectivity index (χ2n) is 5.38. The molecule has 6 heteroatoms. The number of nitrogens with two attached hydrogens (primary N) is 1. The Morgan fingerprint density at radius 3 is 2.76 bits per heavy atom. The number of benzene rings is 1. The summed E-state index contributed by atoms with van der Waals surface area (Å²) in [5.74, 6) is -0.0220. The van der Waals surface area contributed by atoms with Crippen molar-refractivity contribution in [2.24, 2.45) is 0 Å². The van der Waals surface area contributed by atoms with Crippen LogP contribution in [0.3, 0.4) is 0 Å². The molecule has 1 aliphatic rings. The van der Waals surface area contributed by atoms with Crippen LogP contribution in [-0.4, -0.2) is 69.2 Å². The Morgan fingerprint density at radius 2 is 2.10 bits per heavy atom. The smallest absolute Gasteiger partial charge is 0.253 e. The largest absolute Gasteiger partial charge is 0.397 e. The molecule has 1 aromatic carbocycles. The van der Waals surface area contributed by atoms with E-state index in [0.717, 1.165) is 45.1 Å². The van der Waals surface area contributed by atoms with E-state index in [0.29, 0.717) is 11.3 Å². The van der Waals surface area contributed by atoms with Crippen LogP contribution in [0.5, 0.6) is 0 Å². The molecule has 1 heterocycles. The van der Waals surface area contributed by atoms with E-state index in [1.54, 1.807) is 31.1 Å². The van der Waals surface area contributed by atoms with Gasteiger partial charge in [-0.3, -0.25) is 9.69 Å². The predicted molar refractivity (Wildman–Crippen MR) is 84.6 cm³/mol. The van der Waals surface area contributed by atoms with Crippen LogP contribution in [0.15, 0.2) is 18.2 Å². The summed E-state index contributed by atoms with van der Waals surface area (Å²) in [6.45, 7) is 5.27. The Labute approximate surface area is 125 Å². The number of morpholine rings is 1.